The molecule has 0 aliphatic rings. The van der Waals surface area contributed by atoms with Crippen molar-refractivity contribution in [3.8, 4) is 0 Å². The van der Waals surface area contributed by atoms with Gasteiger partial charge in [0.25, 0.3) is 0 Å². The van der Waals surface area contributed by atoms with E-state index in [2.05, 4.69) is 93.7 Å². The maximum absolute atomic E-state index is 12.7. The summed E-state index contributed by atoms with van der Waals surface area (Å²) in [6, 6.07) is 0. The molecule has 0 saturated heterocycles. The van der Waals surface area contributed by atoms with Crippen LogP contribution in [0.5, 0.6) is 0 Å². The molecule has 0 bridgehead atoms. The SMILES string of the molecule is CC/C=C\C/C=C\C/C=C\CCCCCCCCCCCC(=O)OCC(COC(=O)CCCC/C=C\C/C=C\CC)OC(=O)CCCCCCC/C=C\CCCC. The monoisotopic (exact) mass is 795 g/mol. The molecule has 0 saturated carbocycles. The lowest BCUT2D eigenvalue weighted by atomic mass is 10.1. The predicted octanol–water partition coefficient (Wildman–Crippen LogP) is 15.1. The van der Waals surface area contributed by atoms with E-state index in [1.807, 2.05) is 0 Å². The summed E-state index contributed by atoms with van der Waals surface area (Å²) >= 11 is 0. The van der Waals surface area contributed by atoms with E-state index in [9.17, 15) is 14.4 Å². The number of hydrogen-bond donors (Lipinski definition) is 0. The molecule has 0 N–H and O–H groups in total. The maximum Gasteiger partial charge on any atom is 0.306 e. The second-order valence-electron chi connectivity index (χ2n) is 15.2. The molecule has 57 heavy (non-hydrogen) atoms. The smallest absolute Gasteiger partial charge is 0.306 e. The van der Waals surface area contributed by atoms with Crippen LogP contribution in [0.2, 0.25) is 0 Å². The third-order valence-electron chi connectivity index (χ3n) is 9.68. The Balaban J connectivity index is 4.32. The zero-order chi connectivity index (χ0) is 41.5. The topological polar surface area (TPSA) is 78.9 Å². The van der Waals surface area contributed by atoms with Crippen LogP contribution < -0.4 is 0 Å². The first-order valence-corrected chi connectivity index (χ1v) is 23.4. The lowest BCUT2D eigenvalue weighted by Gasteiger charge is -2.18. The van der Waals surface area contributed by atoms with Crippen molar-refractivity contribution in [3.63, 3.8) is 0 Å². The number of unbranched alkanes of at least 4 members (excludes halogenated alkanes) is 18. The van der Waals surface area contributed by atoms with E-state index >= 15 is 0 Å². The van der Waals surface area contributed by atoms with E-state index in [0.717, 1.165) is 103 Å². The van der Waals surface area contributed by atoms with E-state index < -0.39 is 6.10 Å². The average molecular weight is 795 g/mol. The van der Waals surface area contributed by atoms with E-state index in [-0.39, 0.29) is 31.1 Å². The van der Waals surface area contributed by atoms with Crippen molar-refractivity contribution in [2.45, 2.75) is 219 Å². The maximum atomic E-state index is 12.7. The number of carbonyl (C=O) groups excluding carboxylic acids is 3. The fourth-order valence-corrected chi connectivity index (χ4v) is 6.18. The summed E-state index contributed by atoms with van der Waals surface area (Å²) in [5.41, 5.74) is 0. The van der Waals surface area contributed by atoms with Gasteiger partial charge in [-0.15, -0.1) is 0 Å². The van der Waals surface area contributed by atoms with Gasteiger partial charge in [-0.25, -0.2) is 0 Å². The lowest BCUT2D eigenvalue weighted by Crippen LogP contribution is -2.30. The van der Waals surface area contributed by atoms with Gasteiger partial charge in [-0.2, -0.15) is 0 Å². The van der Waals surface area contributed by atoms with Crippen LogP contribution in [0.3, 0.4) is 0 Å². The summed E-state index contributed by atoms with van der Waals surface area (Å²) in [6.45, 7) is 6.31. The fraction of sp³-hybridized carbons (Fsp3) is 0.706. The Morgan fingerprint density at radius 2 is 0.684 bits per heavy atom. The molecule has 0 aromatic rings. The van der Waals surface area contributed by atoms with E-state index in [0.29, 0.717) is 19.3 Å². The van der Waals surface area contributed by atoms with Gasteiger partial charge in [0, 0.05) is 19.3 Å². The largest absolute Gasteiger partial charge is 0.462 e. The van der Waals surface area contributed by atoms with Gasteiger partial charge in [-0.05, 0) is 96.3 Å². The molecule has 0 aromatic carbocycles. The lowest BCUT2D eigenvalue weighted by molar-refractivity contribution is -0.167. The molecule has 0 aromatic heterocycles. The molecule has 0 amide bonds. The highest BCUT2D eigenvalue weighted by Gasteiger charge is 2.19. The highest BCUT2D eigenvalue weighted by molar-refractivity contribution is 5.71. The first-order chi connectivity index (χ1) is 28.0. The van der Waals surface area contributed by atoms with Crippen LogP contribution in [0, 0.1) is 0 Å². The van der Waals surface area contributed by atoms with Crippen LogP contribution in [0.1, 0.15) is 213 Å². The molecule has 0 aliphatic heterocycles. The summed E-state index contributed by atoms with van der Waals surface area (Å²) < 4.78 is 16.6. The first kappa shape index (κ1) is 53.9. The van der Waals surface area contributed by atoms with Gasteiger partial charge in [-0.3, -0.25) is 14.4 Å². The number of carbonyl (C=O) groups is 3. The molecule has 0 fully saturated rings. The van der Waals surface area contributed by atoms with Crippen molar-refractivity contribution in [2.75, 3.05) is 13.2 Å². The van der Waals surface area contributed by atoms with Crippen molar-refractivity contribution in [3.05, 3.63) is 72.9 Å². The molecule has 0 rings (SSSR count). The summed E-state index contributed by atoms with van der Waals surface area (Å²) in [5, 5.41) is 0. The van der Waals surface area contributed by atoms with Crippen molar-refractivity contribution in [1.82, 2.24) is 0 Å². The van der Waals surface area contributed by atoms with Crippen molar-refractivity contribution >= 4 is 17.9 Å². The van der Waals surface area contributed by atoms with Crippen LogP contribution >= 0.6 is 0 Å². The molecule has 0 spiro atoms. The summed E-state index contributed by atoms with van der Waals surface area (Å²) in [5.74, 6) is -0.951. The van der Waals surface area contributed by atoms with Crippen molar-refractivity contribution < 1.29 is 28.6 Å². The van der Waals surface area contributed by atoms with E-state index in [4.69, 9.17) is 14.2 Å². The Labute approximate surface area is 351 Å². The van der Waals surface area contributed by atoms with Crippen LogP contribution in [0.4, 0.5) is 0 Å². The first-order valence-electron chi connectivity index (χ1n) is 23.4. The Bertz CT molecular complexity index is 1100. The highest BCUT2D eigenvalue weighted by atomic mass is 16.6. The Kier molecular flexibility index (Phi) is 43.0. The second kappa shape index (κ2) is 45.6. The Hall–Kier alpha value is -3.15. The standard InChI is InChI=1S/C51H86O6/c1-4-7-10-13-16-19-21-22-23-24-25-26-27-28-30-32-35-38-41-44-50(53)56-47-48(46-55-49(52)43-40-37-34-31-18-15-12-9-6-3)57-51(54)45-42-39-36-33-29-20-17-14-11-8-5-2/h7,9-10,12,14,16-19,22-23,31,48H,4-6,8,11,13,15,20-21,24-30,32-47H2,1-3H3/b10-7-,12-9-,17-14-,19-16-,23-22-,31-18-. The molecule has 6 nitrogen and oxygen atoms in total. The van der Waals surface area contributed by atoms with Crippen LogP contribution in [-0.2, 0) is 28.6 Å². The minimum Gasteiger partial charge on any atom is -0.462 e. The highest BCUT2D eigenvalue weighted by Crippen LogP contribution is 2.14. The van der Waals surface area contributed by atoms with Gasteiger partial charge in [0.05, 0.1) is 0 Å². The molecular weight excluding hydrogens is 709 g/mol. The number of rotatable bonds is 41. The summed E-state index contributed by atoms with van der Waals surface area (Å²) in [4.78, 5) is 37.7. The van der Waals surface area contributed by atoms with Crippen LogP contribution in [-0.4, -0.2) is 37.2 Å². The molecule has 1 unspecified atom stereocenters. The third kappa shape index (κ3) is 43.8. The normalized spacial score (nSPS) is 12.7. The van der Waals surface area contributed by atoms with Gasteiger partial charge in [0.15, 0.2) is 6.10 Å². The molecular formula is C51H86O6. The zero-order valence-corrected chi connectivity index (χ0v) is 37.1. The number of esters is 3. The molecule has 326 valence electrons. The van der Waals surface area contributed by atoms with E-state index in [1.165, 1.54) is 70.6 Å². The Morgan fingerprint density at radius 3 is 1.12 bits per heavy atom. The molecule has 1 atom stereocenters. The van der Waals surface area contributed by atoms with E-state index in [1.54, 1.807) is 0 Å². The third-order valence-corrected chi connectivity index (χ3v) is 9.68. The Morgan fingerprint density at radius 1 is 0.368 bits per heavy atom. The van der Waals surface area contributed by atoms with Crippen molar-refractivity contribution in [1.29, 1.82) is 0 Å². The van der Waals surface area contributed by atoms with Gasteiger partial charge >= 0.3 is 17.9 Å². The quantitative estimate of drug-likeness (QED) is 0.0265. The average Bonchev–Trinajstić information content (AvgIpc) is 3.21. The molecule has 0 aliphatic carbocycles. The van der Waals surface area contributed by atoms with Gasteiger partial charge < -0.3 is 14.2 Å². The van der Waals surface area contributed by atoms with Crippen molar-refractivity contribution in [2.24, 2.45) is 0 Å². The second-order valence-corrected chi connectivity index (χ2v) is 15.2. The predicted molar refractivity (Wildman–Crippen MR) is 242 cm³/mol. The van der Waals surface area contributed by atoms with Crippen LogP contribution in [0.15, 0.2) is 72.9 Å². The number of ether oxygens (including phenoxy) is 3. The van der Waals surface area contributed by atoms with Gasteiger partial charge in [-0.1, -0.05) is 171 Å². The molecule has 6 heteroatoms. The number of hydrogen-bond acceptors (Lipinski definition) is 6. The zero-order valence-electron chi connectivity index (χ0n) is 37.1. The molecule has 0 radical (unpaired) electrons. The number of allylic oxidation sites excluding steroid dienone is 12. The van der Waals surface area contributed by atoms with Gasteiger partial charge in [0.2, 0.25) is 0 Å². The van der Waals surface area contributed by atoms with Crippen LogP contribution in [0.25, 0.3) is 0 Å². The minimum absolute atomic E-state index is 0.0926. The summed E-state index contributed by atoms with van der Waals surface area (Å²) in [6.07, 6.45) is 56.1. The van der Waals surface area contributed by atoms with Gasteiger partial charge in [0.1, 0.15) is 13.2 Å². The minimum atomic E-state index is -0.792. The summed E-state index contributed by atoms with van der Waals surface area (Å²) in [7, 11) is 0. The molecule has 0 heterocycles. The fourth-order valence-electron chi connectivity index (χ4n) is 6.18.